The number of alkyl halides is 1. The van der Waals surface area contributed by atoms with Gasteiger partial charge in [0.15, 0.2) is 5.82 Å². The fourth-order valence-corrected chi connectivity index (χ4v) is 1.81. The van der Waals surface area contributed by atoms with Crippen molar-refractivity contribution in [3.05, 3.63) is 18.3 Å². The Labute approximate surface area is 81.9 Å². The highest BCUT2D eigenvalue weighted by Gasteiger charge is 2.31. The van der Waals surface area contributed by atoms with Gasteiger partial charge in [-0.05, 0) is 12.1 Å². The molecule has 76 valence electrons. The van der Waals surface area contributed by atoms with E-state index in [1.807, 2.05) is 11.0 Å². The van der Waals surface area contributed by atoms with Crippen molar-refractivity contribution in [1.29, 1.82) is 0 Å². The maximum Gasteiger partial charge on any atom is 0.151 e. The van der Waals surface area contributed by atoms with Crippen LogP contribution in [0.15, 0.2) is 18.3 Å². The van der Waals surface area contributed by atoms with Gasteiger partial charge in [0.25, 0.3) is 0 Å². The number of nitrogens with zero attached hydrogens (tertiary/aromatic N) is 3. The van der Waals surface area contributed by atoms with Crippen LogP contribution >= 0.6 is 0 Å². The number of nitrogens with two attached hydrogens (primary N) is 1. The van der Waals surface area contributed by atoms with Gasteiger partial charge in [0.05, 0.1) is 6.54 Å². The zero-order valence-corrected chi connectivity index (χ0v) is 7.81. The average Bonchev–Trinajstić information content (AvgIpc) is 2.61. The monoisotopic (exact) mass is 196 g/mol. The van der Waals surface area contributed by atoms with Crippen molar-refractivity contribution in [3.63, 3.8) is 0 Å². The van der Waals surface area contributed by atoms with Crippen LogP contribution in [0.4, 0.5) is 10.2 Å². The topological polar surface area (TPSA) is 55.0 Å². The molecule has 0 unspecified atom stereocenters. The van der Waals surface area contributed by atoms with Crippen LogP contribution in [0.5, 0.6) is 0 Å². The smallest absolute Gasteiger partial charge is 0.151 e. The predicted octanol–water partition coefficient (Wildman–Crippen LogP) is 0.352. The van der Waals surface area contributed by atoms with E-state index in [9.17, 15) is 4.39 Å². The first-order chi connectivity index (χ1) is 6.81. The molecule has 2 rings (SSSR count). The van der Waals surface area contributed by atoms with Gasteiger partial charge in [-0.3, -0.25) is 0 Å². The van der Waals surface area contributed by atoms with Crippen LogP contribution in [-0.4, -0.2) is 35.5 Å². The van der Waals surface area contributed by atoms with Gasteiger partial charge < -0.3 is 10.6 Å². The first-order valence-electron chi connectivity index (χ1n) is 4.69. The van der Waals surface area contributed by atoms with E-state index >= 15 is 0 Å². The van der Waals surface area contributed by atoms with Crippen LogP contribution in [-0.2, 0) is 0 Å². The maximum absolute atomic E-state index is 13.2. The third kappa shape index (κ3) is 1.68. The zero-order chi connectivity index (χ0) is 9.97. The molecule has 1 aliphatic rings. The molecule has 0 amide bonds. The van der Waals surface area contributed by atoms with Crippen molar-refractivity contribution in [2.24, 2.45) is 5.73 Å². The standard InChI is InChI=1S/C9H13FN4/c10-7-4-8(5-11)14(6-7)9-2-1-3-12-13-9/h1-3,7-8H,4-6,11H2/t7-,8-/m1/s1. The fraction of sp³-hybridized carbons (Fsp3) is 0.556. The summed E-state index contributed by atoms with van der Waals surface area (Å²) in [6.45, 7) is 0.831. The van der Waals surface area contributed by atoms with Crippen molar-refractivity contribution in [3.8, 4) is 0 Å². The summed E-state index contributed by atoms with van der Waals surface area (Å²) in [6.07, 6.45) is 1.29. The van der Waals surface area contributed by atoms with E-state index in [0.29, 0.717) is 25.3 Å². The van der Waals surface area contributed by atoms with Crippen LogP contribution < -0.4 is 10.6 Å². The second kappa shape index (κ2) is 3.88. The molecule has 5 heteroatoms. The summed E-state index contributed by atoms with van der Waals surface area (Å²) in [7, 11) is 0. The Morgan fingerprint density at radius 2 is 2.50 bits per heavy atom. The third-order valence-electron chi connectivity index (χ3n) is 2.49. The summed E-state index contributed by atoms with van der Waals surface area (Å²) < 4.78 is 13.2. The lowest BCUT2D eigenvalue weighted by molar-refractivity contribution is 0.356. The molecule has 1 fully saturated rings. The number of anilines is 1. The molecule has 0 saturated carbocycles. The second-order valence-electron chi connectivity index (χ2n) is 3.46. The summed E-state index contributed by atoms with van der Waals surface area (Å²) in [6, 6.07) is 3.68. The molecular formula is C9H13FN4. The maximum atomic E-state index is 13.2. The highest BCUT2D eigenvalue weighted by atomic mass is 19.1. The minimum Gasteiger partial charge on any atom is -0.348 e. The molecule has 2 atom stereocenters. The summed E-state index contributed by atoms with van der Waals surface area (Å²) in [4.78, 5) is 1.89. The summed E-state index contributed by atoms with van der Waals surface area (Å²) in [5.74, 6) is 0.711. The number of rotatable bonds is 2. The molecule has 0 spiro atoms. The quantitative estimate of drug-likeness (QED) is 0.741. The third-order valence-corrected chi connectivity index (χ3v) is 2.49. The molecule has 2 N–H and O–H groups in total. The minimum absolute atomic E-state index is 0.0571. The van der Waals surface area contributed by atoms with E-state index in [4.69, 9.17) is 5.73 Å². The van der Waals surface area contributed by atoms with E-state index in [1.165, 1.54) is 0 Å². The van der Waals surface area contributed by atoms with Crippen molar-refractivity contribution in [2.45, 2.75) is 18.6 Å². The predicted molar refractivity (Wildman–Crippen MR) is 51.7 cm³/mol. The van der Waals surface area contributed by atoms with Crippen LogP contribution in [0.2, 0.25) is 0 Å². The first kappa shape index (κ1) is 9.33. The normalized spacial score (nSPS) is 26.9. The van der Waals surface area contributed by atoms with Gasteiger partial charge in [0.2, 0.25) is 0 Å². The van der Waals surface area contributed by atoms with E-state index < -0.39 is 6.17 Å². The van der Waals surface area contributed by atoms with E-state index in [2.05, 4.69) is 10.2 Å². The molecule has 0 radical (unpaired) electrons. The molecule has 1 aromatic heterocycles. The highest BCUT2D eigenvalue weighted by Crippen LogP contribution is 2.24. The number of hydrogen-bond donors (Lipinski definition) is 1. The van der Waals surface area contributed by atoms with Crippen LogP contribution in [0, 0.1) is 0 Å². The molecule has 0 aliphatic carbocycles. The largest absolute Gasteiger partial charge is 0.348 e. The van der Waals surface area contributed by atoms with E-state index in [-0.39, 0.29) is 6.04 Å². The molecule has 2 heterocycles. The molecule has 0 aromatic carbocycles. The number of hydrogen-bond acceptors (Lipinski definition) is 4. The summed E-state index contributed by atoms with van der Waals surface area (Å²) in [5.41, 5.74) is 5.57. The molecular weight excluding hydrogens is 183 g/mol. The van der Waals surface area contributed by atoms with E-state index in [0.717, 1.165) is 0 Å². The molecule has 14 heavy (non-hydrogen) atoms. The summed E-state index contributed by atoms with van der Waals surface area (Å²) >= 11 is 0. The van der Waals surface area contributed by atoms with Crippen LogP contribution in [0.1, 0.15) is 6.42 Å². The van der Waals surface area contributed by atoms with E-state index in [1.54, 1.807) is 12.3 Å². The van der Waals surface area contributed by atoms with Gasteiger partial charge >= 0.3 is 0 Å². The first-order valence-corrected chi connectivity index (χ1v) is 4.69. The Hall–Kier alpha value is -1.23. The molecule has 4 nitrogen and oxygen atoms in total. The number of aromatic nitrogens is 2. The lowest BCUT2D eigenvalue weighted by Gasteiger charge is -2.23. The molecule has 1 saturated heterocycles. The van der Waals surface area contributed by atoms with Crippen LogP contribution in [0.25, 0.3) is 0 Å². The van der Waals surface area contributed by atoms with Crippen LogP contribution in [0.3, 0.4) is 0 Å². The average molecular weight is 196 g/mol. The van der Waals surface area contributed by atoms with Crippen molar-refractivity contribution >= 4 is 5.82 Å². The number of halogens is 1. The SMILES string of the molecule is NC[C@H]1C[C@@H](F)CN1c1cccnn1. The Morgan fingerprint density at radius 1 is 1.64 bits per heavy atom. The second-order valence-corrected chi connectivity index (χ2v) is 3.46. The van der Waals surface area contributed by atoms with Crippen molar-refractivity contribution < 1.29 is 4.39 Å². The van der Waals surface area contributed by atoms with Gasteiger partial charge in [-0.15, -0.1) is 5.10 Å². The molecule has 1 aliphatic heterocycles. The van der Waals surface area contributed by atoms with Gasteiger partial charge in [-0.2, -0.15) is 5.10 Å². The highest BCUT2D eigenvalue weighted by molar-refractivity contribution is 5.40. The zero-order valence-electron chi connectivity index (χ0n) is 7.81. The lowest BCUT2D eigenvalue weighted by Crippen LogP contribution is -2.36. The Balaban J connectivity index is 2.18. The Bertz CT molecular complexity index is 292. The lowest BCUT2D eigenvalue weighted by atomic mass is 10.2. The molecule has 0 bridgehead atoms. The van der Waals surface area contributed by atoms with Gasteiger partial charge in [-0.1, -0.05) is 0 Å². The molecule has 1 aromatic rings. The Morgan fingerprint density at radius 3 is 3.14 bits per heavy atom. The van der Waals surface area contributed by atoms with Gasteiger partial charge in [0, 0.05) is 25.2 Å². The van der Waals surface area contributed by atoms with Gasteiger partial charge in [0.1, 0.15) is 6.17 Å². The van der Waals surface area contributed by atoms with Crippen molar-refractivity contribution in [1.82, 2.24) is 10.2 Å². The Kier molecular flexibility index (Phi) is 2.58. The summed E-state index contributed by atoms with van der Waals surface area (Å²) in [5, 5.41) is 7.72. The van der Waals surface area contributed by atoms with Gasteiger partial charge in [-0.25, -0.2) is 4.39 Å². The minimum atomic E-state index is -0.800. The van der Waals surface area contributed by atoms with Crippen molar-refractivity contribution in [2.75, 3.05) is 18.0 Å². The fourth-order valence-electron chi connectivity index (χ4n) is 1.81.